The lowest BCUT2D eigenvalue weighted by atomic mass is 9.85. The van der Waals surface area contributed by atoms with Crippen LogP contribution in [-0.2, 0) is 0 Å². The van der Waals surface area contributed by atoms with E-state index in [1.165, 1.54) is 45.6 Å². The lowest BCUT2D eigenvalue weighted by molar-refractivity contribution is 0.0745. The van der Waals surface area contributed by atoms with Crippen LogP contribution in [0.15, 0.2) is 0 Å². The first kappa shape index (κ1) is 13.4. The molecule has 0 amide bonds. The molecule has 2 rings (SSSR count). The fourth-order valence-electron chi connectivity index (χ4n) is 3.71. The molecule has 1 atom stereocenters. The predicted octanol–water partition coefficient (Wildman–Crippen LogP) is 2.69. The standard InChI is InChI=1S/C15H30N2/c1-12(2)15(13(3)4)11-16-8-9-17-7-5-6-14(17)10-16/h12-15H,5-11H2,1-4H3. The maximum atomic E-state index is 2.73. The molecule has 0 bridgehead atoms. The Labute approximate surface area is 107 Å². The molecule has 2 fully saturated rings. The minimum atomic E-state index is 0.816. The maximum absolute atomic E-state index is 2.73. The third kappa shape index (κ3) is 3.23. The van der Waals surface area contributed by atoms with E-state index in [0.29, 0.717) is 0 Å². The summed E-state index contributed by atoms with van der Waals surface area (Å²) >= 11 is 0. The first-order valence-corrected chi connectivity index (χ1v) is 7.54. The molecule has 0 aromatic heterocycles. The number of nitrogens with zero attached hydrogens (tertiary/aromatic N) is 2. The lowest BCUT2D eigenvalue weighted by Gasteiger charge is -2.40. The van der Waals surface area contributed by atoms with Crippen LogP contribution < -0.4 is 0 Å². The number of fused-ring (bicyclic) bond motifs is 1. The van der Waals surface area contributed by atoms with Crippen LogP contribution in [0.1, 0.15) is 40.5 Å². The van der Waals surface area contributed by atoms with Crippen LogP contribution in [0.4, 0.5) is 0 Å². The zero-order valence-corrected chi connectivity index (χ0v) is 12.2. The van der Waals surface area contributed by atoms with Crippen molar-refractivity contribution in [3.8, 4) is 0 Å². The first-order chi connectivity index (χ1) is 8.08. The quantitative estimate of drug-likeness (QED) is 0.743. The maximum Gasteiger partial charge on any atom is 0.0224 e. The summed E-state index contributed by atoms with van der Waals surface area (Å²) in [6, 6.07) is 0.878. The predicted molar refractivity (Wildman–Crippen MR) is 74.2 cm³/mol. The molecule has 2 heteroatoms. The lowest BCUT2D eigenvalue weighted by Crippen LogP contribution is -2.51. The van der Waals surface area contributed by atoms with Crippen LogP contribution in [0.25, 0.3) is 0 Å². The SMILES string of the molecule is CC(C)C(CN1CCN2CCCC2C1)C(C)C. The second-order valence-corrected chi connectivity index (χ2v) is 6.74. The molecule has 2 nitrogen and oxygen atoms in total. The highest BCUT2D eigenvalue weighted by Crippen LogP contribution is 2.26. The van der Waals surface area contributed by atoms with E-state index in [0.717, 1.165) is 23.8 Å². The van der Waals surface area contributed by atoms with E-state index in [4.69, 9.17) is 0 Å². The minimum Gasteiger partial charge on any atom is -0.300 e. The monoisotopic (exact) mass is 238 g/mol. The summed E-state index contributed by atoms with van der Waals surface area (Å²) in [5, 5.41) is 0. The van der Waals surface area contributed by atoms with Crippen molar-refractivity contribution in [3.05, 3.63) is 0 Å². The van der Waals surface area contributed by atoms with Gasteiger partial charge < -0.3 is 4.90 Å². The van der Waals surface area contributed by atoms with Crippen molar-refractivity contribution in [3.63, 3.8) is 0 Å². The van der Waals surface area contributed by atoms with Crippen LogP contribution >= 0.6 is 0 Å². The van der Waals surface area contributed by atoms with Crippen LogP contribution in [0.5, 0.6) is 0 Å². The number of piperazine rings is 1. The Morgan fingerprint density at radius 2 is 1.71 bits per heavy atom. The first-order valence-electron chi connectivity index (χ1n) is 7.54. The highest BCUT2D eigenvalue weighted by molar-refractivity contribution is 4.87. The van der Waals surface area contributed by atoms with Gasteiger partial charge in [0.2, 0.25) is 0 Å². The van der Waals surface area contributed by atoms with Gasteiger partial charge in [0, 0.05) is 32.2 Å². The van der Waals surface area contributed by atoms with Crippen LogP contribution in [0.3, 0.4) is 0 Å². The van der Waals surface area contributed by atoms with Gasteiger partial charge in [0.15, 0.2) is 0 Å². The van der Waals surface area contributed by atoms with Crippen molar-refractivity contribution in [2.24, 2.45) is 17.8 Å². The molecular formula is C15H30N2. The second kappa shape index (κ2) is 5.71. The van der Waals surface area contributed by atoms with Gasteiger partial charge in [0.1, 0.15) is 0 Å². The largest absolute Gasteiger partial charge is 0.300 e. The summed E-state index contributed by atoms with van der Waals surface area (Å²) in [6.45, 7) is 16.2. The molecule has 0 saturated carbocycles. The highest BCUT2D eigenvalue weighted by Gasteiger charge is 2.32. The van der Waals surface area contributed by atoms with E-state index in [1.54, 1.807) is 0 Å². The van der Waals surface area contributed by atoms with Crippen molar-refractivity contribution >= 4 is 0 Å². The van der Waals surface area contributed by atoms with E-state index >= 15 is 0 Å². The smallest absolute Gasteiger partial charge is 0.0224 e. The van der Waals surface area contributed by atoms with Crippen LogP contribution in [-0.4, -0.2) is 48.6 Å². The van der Waals surface area contributed by atoms with Gasteiger partial charge in [-0.15, -0.1) is 0 Å². The molecule has 2 heterocycles. The average molecular weight is 238 g/mol. The molecule has 2 saturated heterocycles. The van der Waals surface area contributed by atoms with Crippen LogP contribution in [0, 0.1) is 17.8 Å². The molecule has 0 radical (unpaired) electrons. The van der Waals surface area contributed by atoms with E-state index < -0.39 is 0 Å². The van der Waals surface area contributed by atoms with Gasteiger partial charge in [-0.05, 0) is 37.1 Å². The summed E-state index contributed by atoms with van der Waals surface area (Å²) in [5.74, 6) is 2.50. The van der Waals surface area contributed by atoms with Crippen molar-refractivity contribution in [1.82, 2.24) is 9.80 Å². The zero-order valence-electron chi connectivity index (χ0n) is 12.2. The van der Waals surface area contributed by atoms with Gasteiger partial charge in [-0.3, -0.25) is 4.90 Å². The van der Waals surface area contributed by atoms with E-state index in [1.807, 2.05) is 0 Å². The third-order valence-electron chi connectivity index (χ3n) is 4.85. The van der Waals surface area contributed by atoms with Gasteiger partial charge in [-0.25, -0.2) is 0 Å². The third-order valence-corrected chi connectivity index (χ3v) is 4.85. The van der Waals surface area contributed by atoms with E-state index in [2.05, 4.69) is 37.5 Å². The van der Waals surface area contributed by atoms with Crippen LogP contribution in [0.2, 0.25) is 0 Å². The Hall–Kier alpha value is -0.0800. The average Bonchev–Trinajstić information content (AvgIpc) is 2.71. The molecule has 1 unspecified atom stereocenters. The topological polar surface area (TPSA) is 6.48 Å². The summed E-state index contributed by atoms with van der Waals surface area (Å²) < 4.78 is 0. The molecule has 0 aliphatic carbocycles. The normalized spacial score (nSPS) is 27.4. The number of hydrogen-bond acceptors (Lipinski definition) is 2. The van der Waals surface area contributed by atoms with E-state index in [-0.39, 0.29) is 0 Å². The van der Waals surface area contributed by atoms with Crippen molar-refractivity contribution in [2.45, 2.75) is 46.6 Å². The summed E-state index contributed by atoms with van der Waals surface area (Å²) in [5.41, 5.74) is 0. The van der Waals surface area contributed by atoms with Crippen molar-refractivity contribution < 1.29 is 0 Å². The van der Waals surface area contributed by atoms with Gasteiger partial charge in [-0.2, -0.15) is 0 Å². The minimum absolute atomic E-state index is 0.816. The summed E-state index contributed by atoms with van der Waals surface area (Å²) in [4.78, 5) is 5.44. The molecule has 0 spiro atoms. The summed E-state index contributed by atoms with van der Waals surface area (Å²) in [7, 11) is 0. The molecule has 0 aromatic rings. The Balaban J connectivity index is 1.86. The molecule has 0 aromatic carbocycles. The molecule has 17 heavy (non-hydrogen) atoms. The van der Waals surface area contributed by atoms with E-state index in [9.17, 15) is 0 Å². The molecule has 100 valence electrons. The Morgan fingerprint density at radius 1 is 1.00 bits per heavy atom. The number of rotatable bonds is 4. The fourth-order valence-corrected chi connectivity index (χ4v) is 3.71. The van der Waals surface area contributed by atoms with Crippen molar-refractivity contribution in [1.29, 1.82) is 0 Å². The van der Waals surface area contributed by atoms with Gasteiger partial charge in [0.25, 0.3) is 0 Å². The number of hydrogen-bond donors (Lipinski definition) is 0. The Bertz CT molecular complexity index is 229. The Kier molecular flexibility index (Phi) is 4.48. The highest BCUT2D eigenvalue weighted by atomic mass is 15.3. The molecule has 0 N–H and O–H groups in total. The summed E-state index contributed by atoms with van der Waals surface area (Å²) in [6.07, 6.45) is 2.86. The van der Waals surface area contributed by atoms with Gasteiger partial charge in [-0.1, -0.05) is 27.7 Å². The second-order valence-electron chi connectivity index (χ2n) is 6.74. The van der Waals surface area contributed by atoms with Crippen molar-refractivity contribution in [2.75, 3.05) is 32.7 Å². The molecule has 2 aliphatic heterocycles. The van der Waals surface area contributed by atoms with Gasteiger partial charge >= 0.3 is 0 Å². The Morgan fingerprint density at radius 3 is 2.35 bits per heavy atom. The van der Waals surface area contributed by atoms with Gasteiger partial charge in [0.05, 0.1) is 0 Å². The molecular weight excluding hydrogens is 208 g/mol. The fraction of sp³-hybridized carbons (Fsp3) is 1.00. The zero-order chi connectivity index (χ0) is 12.4. The molecule has 2 aliphatic rings.